The summed E-state index contributed by atoms with van der Waals surface area (Å²) in [5.41, 5.74) is 1.23. The van der Waals surface area contributed by atoms with Gasteiger partial charge < -0.3 is 0 Å². The van der Waals surface area contributed by atoms with E-state index in [0.717, 1.165) is 12.8 Å². The van der Waals surface area contributed by atoms with Gasteiger partial charge in [-0.2, -0.15) is 0 Å². The van der Waals surface area contributed by atoms with E-state index in [0.29, 0.717) is 0 Å². The quantitative estimate of drug-likeness (QED) is 0.463. The third-order valence-electron chi connectivity index (χ3n) is 2.22. The first-order chi connectivity index (χ1) is 5.22. The largest absolute Gasteiger partial charge is 0.281 e. The molecule has 1 aliphatic carbocycles. The zero-order valence-corrected chi connectivity index (χ0v) is 7.53. The maximum atomic E-state index is 10.8. The first-order valence-corrected chi connectivity index (χ1v) is 4.48. The molecule has 0 bridgehead atoms. The summed E-state index contributed by atoms with van der Waals surface area (Å²) in [6, 6.07) is 0. The molecule has 62 valence electrons. The Morgan fingerprint density at radius 1 is 1.64 bits per heavy atom. The monoisotopic (exact) mass is 172 g/mol. The molecular weight excluding hydrogens is 160 g/mol. The maximum Gasteiger partial charge on any atom is 0.228 e. The van der Waals surface area contributed by atoms with Crippen molar-refractivity contribution in [1.82, 2.24) is 0 Å². The minimum Gasteiger partial charge on any atom is -0.281 e. The molecule has 11 heavy (non-hydrogen) atoms. The highest BCUT2D eigenvalue weighted by molar-refractivity contribution is 6.64. The molecule has 1 rings (SSSR count). The van der Waals surface area contributed by atoms with E-state index in [4.69, 9.17) is 11.6 Å². The van der Waals surface area contributed by atoms with Crippen LogP contribution in [0.2, 0.25) is 0 Å². The van der Waals surface area contributed by atoms with Gasteiger partial charge in [0.25, 0.3) is 0 Å². The second-order valence-corrected chi connectivity index (χ2v) is 3.42. The summed E-state index contributed by atoms with van der Waals surface area (Å²) in [6.45, 7) is 1.88. The van der Waals surface area contributed by atoms with Gasteiger partial charge in [-0.05, 0) is 37.3 Å². The summed E-state index contributed by atoms with van der Waals surface area (Å²) >= 11 is 5.38. The number of carbonyl (C=O) groups excluding carboxylic acids is 1. The molecule has 1 unspecified atom stereocenters. The molecule has 0 aromatic rings. The third kappa shape index (κ3) is 2.33. The molecule has 0 saturated heterocycles. The molecule has 0 radical (unpaired) electrons. The highest BCUT2D eigenvalue weighted by Gasteiger charge is 2.16. The molecule has 1 atom stereocenters. The number of allylic oxidation sites excluding steroid dienone is 2. The van der Waals surface area contributed by atoms with E-state index in [1.165, 1.54) is 18.4 Å². The van der Waals surface area contributed by atoms with E-state index in [-0.39, 0.29) is 11.2 Å². The van der Waals surface area contributed by atoms with Crippen LogP contribution in [-0.4, -0.2) is 5.24 Å². The van der Waals surface area contributed by atoms with Gasteiger partial charge in [-0.3, -0.25) is 4.79 Å². The number of halogens is 1. The molecular formula is C9H13ClO. The van der Waals surface area contributed by atoms with E-state index in [2.05, 4.69) is 6.08 Å². The fourth-order valence-corrected chi connectivity index (χ4v) is 1.54. The molecule has 0 amide bonds. The average Bonchev–Trinajstić information content (AvgIpc) is 2.05. The third-order valence-corrected chi connectivity index (χ3v) is 2.55. The Bertz CT molecular complexity index is 184. The summed E-state index contributed by atoms with van der Waals surface area (Å²) in [4.78, 5) is 10.8. The van der Waals surface area contributed by atoms with Gasteiger partial charge in [0.05, 0.1) is 5.92 Å². The fourth-order valence-electron chi connectivity index (χ4n) is 1.40. The average molecular weight is 173 g/mol. The minimum absolute atomic E-state index is 0.0584. The van der Waals surface area contributed by atoms with Crippen LogP contribution >= 0.6 is 11.6 Å². The topological polar surface area (TPSA) is 17.1 Å². The number of carbonyl (C=O) groups is 1. The van der Waals surface area contributed by atoms with Gasteiger partial charge in [0.15, 0.2) is 0 Å². The van der Waals surface area contributed by atoms with Crippen molar-refractivity contribution >= 4 is 16.8 Å². The Morgan fingerprint density at radius 2 is 2.36 bits per heavy atom. The molecule has 0 aliphatic heterocycles. The van der Waals surface area contributed by atoms with Crippen molar-refractivity contribution in [2.45, 2.75) is 32.6 Å². The van der Waals surface area contributed by atoms with Crippen molar-refractivity contribution < 1.29 is 4.79 Å². The molecule has 0 saturated carbocycles. The Morgan fingerprint density at radius 3 is 2.82 bits per heavy atom. The Labute approximate surface area is 72.4 Å². The van der Waals surface area contributed by atoms with Crippen LogP contribution < -0.4 is 0 Å². The molecule has 0 aromatic heterocycles. The van der Waals surface area contributed by atoms with Gasteiger partial charge in [0.1, 0.15) is 0 Å². The highest BCUT2D eigenvalue weighted by Crippen LogP contribution is 2.25. The number of hydrogen-bond acceptors (Lipinski definition) is 1. The summed E-state index contributed by atoms with van der Waals surface area (Å²) in [5, 5.41) is -0.224. The zero-order valence-electron chi connectivity index (χ0n) is 6.77. The fraction of sp³-hybridized carbons (Fsp3) is 0.667. The zero-order chi connectivity index (χ0) is 8.27. The summed E-state index contributed by atoms with van der Waals surface area (Å²) < 4.78 is 0. The van der Waals surface area contributed by atoms with Gasteiger partial charge in [-0.1, -0.05) is 18.6 Å². The molecule has 0 fully saturated rings. The minimum atomic E-state index is -0.224. The van der Waals surface area contributed by atoms with Crippen molar-refractivity contribution in [3.8, 4) is 0 Å². The number of rotatable bonds is 2. The van der Waals surface area contributed by atoms with Crippen molar-refractivity contribution in [3.05, 3.63) is 11.6 Å². The summed E-state index contributed by atoms with van der Waals surface area (Å²) in [5.74, 6) is -0.0584. The maximum absolute atomic E-state index is 10.8. The van der Waals surface area contributed by atoms with Crippen LogP contribution in [0.15, 0.2) is 11.6 Å². The molecule has 0 N–H and O–H groups in total. The van der Waals surface area contributed by atoms with E-state index in [1.807, 2.05) is 6.92 Å². The molecule has 1 nitrogen and oxygen atoms in total. The molecule has 0 heterocycles. The lowest BCUT2D eigenvalue weighted by molar-refractivity contribution is -0.113. The predicted octanol–water partition coefficient (Wildman–Crippen LogP) is 2.89. The van der Waals surface area contributed by atoms with Crippen LogP contribution in [0.4, 0.5) is 0 Å². The standard InChI is InChI=1S/C9H13ClO/c1-7(9(10)11)8-5-3-2-4-6-8/h5,7H,2-4,6H2,1H3. The number of hydrogen-bond donors (Lipinski definition) is 0. The van der Waals surface area contributed by atoms with Crippen LogP contribution in [0.5, 0.6) is 0 Å². The van der Waals surface area contributed by atoms with Gasteiger partial charge in [0.2, 0.25) is 5.24 Å². The van der Waals surface area contributed by atoms with Gasteiger partial charge >= 0.3 is 0 Å². The smallest absolute Gasteiger partial charge is 0.228 e. The highest BCUT2D eigenvalue weighted by atomic mass is 35.5. The van der Waals surface area contributed by atoms with Crippen molar-refractivity contribution in [2.24, 2.45) is 5.92 Å². The van der Waals surface area contributed by atoms with Crippen molar-refractivity contribution in [2.75, 3.05) is 0 Å². The summed E-state index contributed by atoms with van der Waals surface area (Å²) in [6.07, 6.45) is 6.80. The second-order valence-electron chi connectivity index (χ2n) is 3.05. The lowest BCUT2D eigenvalue weighted by Gasteiger charge is -2.15. The van der Waals surface area contributed by atoms with Crippen molar-refractivity contribution in [3.63, 3.8) is 0 Å². The van der Waals surface area contributed by atoms with Gasteiger partial charge in [-0.25, -0.2) is 0 Å². The van der Waals surface area contributed by atoms with E-state index < -0.39 is 0 Å². The van der Waals surface area contributed by atoms with Crippen LogP contribution in [0.25, 0.3) is 0 Å². The second kappa shape index (κ2) is 3.91. The summed E-state index contributed by atoms with van der Waals surface area (Å²) in [7, 11) is 0. The van der Waals surface area contributed by atoms with Crippen LogP contribution in [0.3, 0.4) is 0 Å². The van der Waals surface area contributed by atoms with Crippen molar-refractivity contribution in [1.29, 1.82) is 0 Å². The van der Waals surface area contributed by atoms with Crippen LogP contribution in [0, 0.1) is 5.92 Å². The molecule has 0 aromatic carbocycles. The molecule has 0 spiro atoms. The predicted molar refractivity (Wildman–Crippen MR) is 46.6 cm³/mol. The lowest BCUT2D eigenvalue weighted by Crippen LogP contribution is -2.09. The van der Waals surface area contributed by atoms with E-state index in [1.54, 1.807) is 0 Å². The van der Waals surface area contributed by atoms with E-state index >= 15 is 0 Å². The normalized spacial score (nSPS) is 20.7. The Balaban J connectivity index is 2.58. The molecule has 1 aliphatic rings. The van der Waals surface area contributed by atoms with Crippen LogP contribution in [-0.2, 0) is 4.79 Å². The first-order valence-electron chi connectivity index (χ1n) is 4.10. The van der Waals surface area contributed by atoms with Gasteiger partial charge in [0, 0.05) is 0 Å². The first kappa shape index (κ1) is 8.79. The van der Waals surface area contributed by atoms with Crippen LogP contribution in [0.1, 0.15) is 32.6 Å². The Kier molecular flexibility index (Phi) is 3.13. The van der Waals surface area contributed by atoms with Gasteiger partial charge in [-0.15, -0.1) is 0 Å². The SMILES string of the molecule is CC(C(=O)Cl)C1=CCCCC1. The van der Waals surface area contributed by atoms with E-state index in [9.17, 15) is 4.79 Å². The lowest BCUT2D eigenvalue weighted by atomic mass is 9.91. The Hall–Kier alpha value is -0.300. The molecule has 2 heteroatoms.